The largest absolute Gasteiger partial charge is 0.300 e. The second kappa shape index (κ2) is 13.1. The summed E-state index contributed by atoms with van der Waals surface area (Å²) in [5.74, 6) is -0.125. The first-order chi connectivity index (χ1) is 7.13. The van der Waals surface area contributed by atoms with Crippen LogP contribution in [-0.4, -0.2) is 11.6 Å². The summed E-state index contributed by atoms with van der Waals surface area (Å²) in [5.41, 5.74) is 0. The van der Waals surface area contributed by atoms with Gasteiger partial charge in [-0.05, 0) is 13.8 Å². The van der Waals surface area contributed by atoms with Crippen molar-refractivity contribution in [2.24, 2.45) is 0 Å². The van der Waals surface area contributed by atoms with Crippen molar-refractivity contribution in [1.29, 1.82) is 0 Å². The van der Waals surface area contributed by atoms with E-state index < -0.39 is 0 Å². The zero-order chi connectivity index (χ0) is 11.5. The van der Waals surface area contributed by atoms with Crippen LogP contribution in [0.5, 0.6) is 0 Å². The van der Waals surface area contributed by atoms with E-state index in [1.165, 1.54) is 65.2 Å². The third-order valence-electron chi connectivity index (χ3n) is 2.50. The summed E-state index contributed by atoms with van der Waals surface area (Å²) in [5, 5.41) is 0. The number of carbonyl (C=O) groups excluding carboxylic acids is 2. The zero-order valence-electron chi connectivity index (χ0n) is 10.5. The Morgan fingerprint density at radius 3 is 0.938 bits per heavy atom. The van der Waals surface area contributed by atoms with Gasteiger partial charge in [-0.1, -0.05) is 51.4 Å². The molecule has 1 fully saturated rings. The van der Waals surface area contributed by atoms with Crippen LogP contribution in [0, 0.1) is 0 Å². The monoisotopic (exact) mass is 405 g/mol. The van der Waals surface area contributed by atoms with Crippen LogP contribution in [0.1, 0.15) is 71.6 Å². The summed E-state index contributed by atoms with van der Waals surface area (Å²) in [7, 11) is 0. The third kappa shape index (κ3) is 16.4. The molecule has 97 valence electrons. The minimum atomic E-state index is -0.0625. The number of Topliss-reactive ketones (excluding diaryl/α,β-unsaturated/α-hetero) is 2. The van der Waals surface area contributed by atoms with Crippen LogP contribution in [0.3, 0.4) is 0 Å². The molecule has 1 radical (unpaired) electrons. The molecule has 0 atom stereocenters. The maximum absolute atomic E-state index is 10.0. The number of carbonyl (C=O) groups is 2. The van der Waals surface area contributed by atoms with Gasteiger partial charge in [0.2, 0.25) is 0 Å². The van der Waals surface area contributed by atoms with E-state index in [1.54, 1.807) is 0 Å². The van der Waals surface area contributed by atoms with Crippen LogP contribution in [0.15, 0.2) is 0 Å². The molecule has 0 aromatic carbocycles. The topological polar surface area (TPSA) is 34.1 Å². The standard InChI is InChI=1S/C8H16.C5H8O2.Ir/c1-2-4-6-8-7-5-3-1;1-4(6)3-5(2)7;/h1-8H2;3H2,1-2H3;. The molecule has 0 aromatic heterocycles. The van der Waals surface area contributed by atoms with Crippen molar-refractivity contribution in [3.63, 3.8) is 0 Å². The first-order valence-corrected chi connectivity index (χ1v) is 6.12. The minimum Gasteiger partial charge on any atom is -0.300 e. The summed E-state index contributed by atoms with van der Waals surface area (Å²) < 4.78 is 0. The molecule has 1 rings (SSSR count). The molecule has 16 heavy (non-hydrogen) atoms. The van der Waals surface area contributed by atoms with Crippen LogP contribution >= 0.6 is 0 Å². The quantitative estimate of drug-likeness (QED) is 0.658. The van der Waals surface area contributed by atoms with E-state index in [2.05, 4.69) is 0 Å². The smallest absolute Gasteiger partial charge is 0.137 e. The Kier molecular flexibility index (Phi) is 15.0. The van der Waals surface area contributed by atoms with Gasteiger partial charge in [0.1, 0.15) is 11.6 Å². The van der Waals surface area contributed by atoms with Crippen molar-refractivity contribution in [3.8, 4) is 0 Å². The average molecular weight is 405 g/mol. The fourth-order valence-electron chi connectivity index (χ4n) is 1.76. The summed E-state index contributed by atoms with van der Waals surface area (Å²) in [6.07, 6.45) is 12.1. The van der Waals surface area contributed by atoms with Crippen molar-refractivity contribution in [3.05, 3.63) is 0 Å². The van der Waals surface area contributed by atoms with Gasteiger partial charge in [-0.25, -0.2) is 0 Å². The van der Waals surface area contributed by atoms with Crippen molar-refractivity contribution in [1.82, 2.24) is 0 Å². The number of rotatable bonds is 2. The SMILES string of the molecule is C1CCCCCCC1.CC(=O)CC(C)=O.[Ir]. The van der Waals surface area contributed by atoms with Gasteiger partial charge in [-0.15, -0.1) is 0 Å². The van der Waals surface area contributed by atoms with Gasteiger partial charge in [0.05, 0.1) is 6.42 Å². The van der Waals surface area contributed by atoms with Crippen molar-refractivity contribution < 1.29 is 29.7 Å². The molecule has 3 heteroatoms. The molecule has 1 aliphatic carbocycles. The van der Waals surface area contributed by atoms with Gasteiger partial charge in [0.25, 0.3) is 0 Å². The first kappa shape index (κ1) is 18.4. The zero-order valence-corrected chi connectivity index (χ0v) is 12.9. The molecule has 0 spiro atoms. The van der Waals surface area contributed by atoms with Gasteiger partial charge >= 0.3 is 0 Å². The van der Waals surface area contributed by atoms with Gasteiger partial charge in [-0.3, -0.25) is 9.59 Å². The number of hydrogen-bond donors (Lipinski definition) is 0. The predicted molar refractivity (Wildman–Crippen MR) is 62.9 cm³/mol. The second-order valence-electron chi connectivity index (χ2n) is 4.41. The molecule has 1 saturated carbocycles. The summed E-state index contributed by atoms with van der Waals surface area (Å²) in [6, 6.07) is 0. The Morgan fingerprint density at radius 2 is 0.875 bits per heavy atom. The number of hydrogen-bond acceptors (Lipinski definition) is 2. The molecule has 1 aliphatic rings. The molecular weight excluding hydrogens is 380 g/mol. The average Bonchev–Trinajstić information content (AvgIpc) is 1.99. The van der Waals surface area contributed by atoms with E-state index in [4.69, 9.17) is 0 Å². The van der Waals surface area contributed by atoms with E-state index in [0.29, 0.717) is 0 Å². The van der Waals surface area contributed by atoms with Gasteiger partial charge in [0.15, 0.2) is 0 Å². The third-order valence-corrected chi connectivity index (χ3v) is 2.50. The molecule has 0 saturated heterocycles. The molecule has 0 bridgehead atoms. The first-order valence-electron chi connectivity index (χ1n) is 6.12. The molecule has 2 nitrogen and oxygen atoms in total. The second-order valence-corrected chi connectivity index (χ2v) is 4.41. The maximum atomic E-state index is 10.0. The summed E-state index contributed by atoms with van der Waals surface area (Å²) >= 11 is 0. The Balaban J connectivity index is 0. The fraction of sp³-hybridized carbons (Fsp3) is 0.846. The molecule has 0 aromatic rings. The van der Waals surface area contributed by atoms with Crippen molar-refractivity contribution >= 4 is 11.6 Å². The Labute approximate surface area is 113 Å². The van der Waals surface area contributed by atoms with E-state index in [1.807, 2.05) is 0 Å². The minimum absolute atomic E-state index is 0. The predicted octanol–water partition coefficient (Wildman–Crippen LogP) is 3.67. The maximum Gasteiger partial charge on any atom is 0.137 e. The molecule has 0 amide bonds. The van der Waals surface area contributed by atoms with Crippen LogP contribution in [0.4, 0.5) is 0 Å². The van der Waals surface area contributed by atoms with E-state index in [9.17, 15) is 9.59 Å². The Bertz CT molecular complexity index is 154. The van der Waals surface area contributed by atoms with Gasteiger partial charge in [-0.2, -0.15) is 0 Å². The van der Waals surface area contributed by atoms with Crippen molar-refractivity contribution in [2.45, 2.75) is 71.6 Å². The molecule has 0 unspecified atom stereocenters. The Hall–Kier alpha value is -0.0106. The van der Waals surface area contributed by atoms with E-state index >= 15 is 0 Å². The number of ketones is 2. The molecular formula is C13H24IrO2. The van der Waals surface area contributed by atoms with E-state index in [0.717, 1.165) is 0 Å². The van der Waals surface area contributed by atoms with Gasteiger partial charge in [0, 0.05) is 20.1 Å². The van der Waals surface area contributed by atoms with Crippen LogP contribution in [-0.2, 0) is 29.7 Å². The molecule has 0 heterocycles. The van der Waals surface area contributed by atoms with Crippen LogP contribution in [0.2, 0.25) is 0 Å². The van der Waals surface area contributed by atoms with Crippen LogP contribution < -0.4 is 0 Å². The van der Waals surface area contributed by atoms with Crippen molar-refractivity contribution in [2.75, 3.05) is 0 Å². The van der Waals surface area contributed by atoms with Crippen LogP contribution in [0.25, 0.3) is 0 Å². The summed E-state index contributed by atoms with van der Waals surface area (Å²) in [4.78, 5) is 20.1. The summed E-state index contributed by atoms with van der Waals surface area (Å²) in [6.45, 7) is 2.81. The van der Waals surface area contributed by atoms with E-state index in [-0.39, 0.29) is 38.1 Å². The normalized spacial score (nSPS) is 15.6. The molecule has 0 aliphatic heterocycles. The van der Waals surface area contributed by atoms with Gasteiger partial charge < -0.3 is 0 Å². The Morgan fingerprint density at radius 1 is 0.688 bits per heavy atom. The molecule has 0 N–H and O–H groups in total. The fourth-order valence-corrected chi connectivity index (χ4v) is 1.76.